The third-order valence-electron chi connectivity index (χ3n) is 4.27. The molecular formula is C19H23N3O3S. The van der Waals surface area contributed by atoms with Gasteiger partial charge in [-0.05, 0) is 51.7 Å². The van der Waals surface area contributed by atoms with E-state index in [0.29, 0.717) is 23.2 Å². The molecule has 2 N–H and O–H groups in total. The predicted octanol–water partition coefficient (Wildman–Crippen LogP) is 3.17. The quantitative estimate of drug-likeness (QED) is 0.600. The normalized spacial score (nSPS) is 14.4. The average molecular weight is 373 g/mol. The summed E-state index contributed by atoms with van der Waals surface area (Å²) < 4.78 is 5.53. The molecule has 0 unspecified atom stereocenters. The van der Waals surface area contributed by atoms with Crippen LogP contribution in [0.2, 0.25) is 0 Å². The molecule has 1 atom stereocenters. The highest BCUT2D eigenvalue weighted by Gasteiger charge is 2.20. The Bertz CT molecular complexity index is 850. The Morgan fingerprint density at radius 1 is 1.35 bits per heavy atom. The lowest BCUT2D eigenvalue weighted by molar-refractivity contribution is -0.115. The third-order valence-corrected chi connectivity index (χ3v) is 5.26. The molecule has 1 aromatic heterocycles. The van der Waals surface area contributed by atoms with Crippen LogP contribution in [-0.4, -0.2) is 27.7 Å². The molecule has 3 rings (SSSR count). The number of aromatic nitrogens is 2. The van der Waals surface area contributed by atoms with E-state index in [9.17, 15) is 9.59 Å². The molecule has 0 bridgehead atoms. The Morgan fingerprint density at radius 3 is 2.92 bits per heavy atom. The summed E-state index contributed by atoms with van der Waals surface area (Å²) in [4.78, 5) is 32.1. The number of hydrogen-bond donors (Lipinski definition) is 2. The Labute approximate surface area is 156 Å². The van der Waals surface area contributed by atoms with Gasteiger partial charge in [-0.1, -0.05) is 23.9 Å². The molecule has 1 amide bonds. The van der Waals surface area contributed by atoms with Gasteiger partial charge in [0.25, 0.3) is 5.56 Å². The first-order valence-electron chi connectivity index (χ1n) is 8.90. The molecule has 0 spiro atoms. The molecule has 138 valence electrons. The second-order valence-corrected chi connectivity index (χ2v) is 7.51. The van der Waals surface area contributed by atoms with E-state index in [1.54, 1.807) is 13.0 Å². The molecule has 7 heteroatoms. The number of rotatable bonds is 6. The second-order valence-electron chi connectivity index (χ2n) is 6.18. The molecule has 0 saturated heterocycles. The number of hydrogen-bond acceptors (Lipinski definition) is 5. The summed E-state index contributed by atoms with van der Waals surface area (Å²) in [5.41, 5.74) is 2.23. The van der Waals surface area contributed by atoms with Crippen molar-refractivity contribution in [3.05, 3.63) is 45.9 Å². The number of nitrogens with zero attached hydrogens (tertiary/aromatic N) is 1. The van der Waals surface area contributed by atoms with Crippen molar-refractivity contribution in [2.75, 3.05) is 11.9 Å². The van der Waals surface area contributed by atoms with Gasteiger partial charge in [-0.3, -0.25) is 9.59 Å². The number of aromatic amines is 1. The number of ether oxygens (including phenoxy) is 1. The van der Waals surface area contributed by atoms with E-state index in [4.69, 9.17) is 4.74 Å². The minimum absolute atomic E-state index is 0.0773. The summed E-state index contributed by atoms with van der Waals surface area (Å²) in [6, 6.07) is 7.33. The van der Waals surface area contributed by atoms with E-state index in [2.05, 4.69) is 15.3 Å². The van der Waals surface area contributed by atoms with Crippen molar-refractivity contribution in [1.29, 1.82) is 0 Å². The molecular weight excluding hydrogens is 350 g/mol. The van der Waals surface area contributed by atoms with Crippen LogP contribution in [0.4, 0.5) is 5.69 Å². The highest BCUT2D eigenvalue weighted by Crippen LogP contribution is 2.26. The number of carbonyl (C=O) groups excluding carboxylic acids is 1. The maximum absolute atomic E-state index is 12.5. The van der Waals surface area contributed by atoms with E-state index in [0.717, 1.165) is 36.9 Å². The van der Waals surface area contributed by atoms with Crippen molar-refractivity contribution in [2.24, 2.45) is 0 Å². The van der Waals surface area contributed by atoms with E-state index in [-0.39, 0.29) is 11.5 Å². The minimum Gasteiger partial charge on any atom is -0.492 e. The Morgan fingerprint density at radius 2 is 2.12 bits per heavy atom. The molecule has 1 aromatic carbocycles. The molecule has 2 aromatic rings. The number of anilines is 1. The van der Waals surface area contributed by atoms with Crippen molar-refractivity contribution in [3.63, 3.8) is 0 Å². The van der Waals surface area contributed by atoms with Gasteiger partial charge >= 0.3 is 0 Å². The summed E-state index contributed by atoms with van der Waals surface area (Å²) in [5, 5.41) is 2.98. The number of thioether (sulfide) groups is 1. The summed E-state index contributed by atoms with van der Waals surface area (Å²) in [7, 11) is 0. The molecule has 1 aliphatic carbocycles. The van der Waals surface area contributed by atoms with Crippen LogP contribution in [-0.2, 0) is 17.6 Å². The summed E-state index contributed by atoms with van der Waals surface area (Å²) >= 11 is 1.26. The SMILES string of the molecule is CCOc1ccccc1NC(=O)[C@H](C)Sc1nc2c(c(=O)[nH]1)CCCC2. The maximum atomic E-state index is 12.5. The van der Waals surface area contributed by atoms with Crippen molar-refractivity contribution in [1.82, 2.24) is 9.97 Å². The van der Waals surface area contributed by atoms with Crippen LogP contribution in [0.25, 0.3) is 0 Å². The number of carbonyl (C=O) groups is 1. The van der Waals surface area contributed by atoms with Crippen molar-refractivity contribution in [2.45, 2.75) is 49.9 Å². The van der Waals surface area contributed by atoms with Crippen LogP contribution < -0.4 is 15.6 Å². The molecule has 0 fully saturated rings. The fourth-order valence-electron chi connectivity index (χ4n) is 2.94. The van der Waals surface area contributed by atoms with Crippen LogP contribution in [0, 0.1) is 0 Å². The molecule has 0 saturated carbocycles. The smallest absolute Gasteiger partial charge is 0.254 e. The van der Waals surface area contributed by atoms with Crippen molar-refractivity contribution < 1.29 is 9.53 Å². The molecule has 1 heterocycles. The zero-order valence-corrected chi connectivity index (χ0v) is 15.8. The summed E-state index contributed by atoms with van der Waals surface area (Å²) in [6.45, 7) is 4.22. The highest BCUT2D eigenvalue weighted by atomic mass is 32.2. The number of para-hydroxylation sites is 2. The predicted molar refractivity (Wildman–Crippen MR) is 103 cm³/mol. The lowest BCUT2D eigenvalue weighted by Gasteiger charge is -2.16. The minimum atomic E-state index is -0.408. The van der Waals surface area contributed by atoms with Crippen LogP contribution in [0.1, 0.15) is 37.9 Å². The standard InChI is InChI=1S/C19H23N3O3S/c1-3-25-16-11-7-6-10-15(16)20-17(23)12(2)26-19-21-14-9-5-4-8-13(14)18(24)22-19/h6-7,10-12H,3-5,8-9H2,1-2H3,(H,20,23)(H,21,22,24)/t12-/m0/s1. The van der Waals surface area contributed by atoms with Gasteiger partial charge in [-0.25, -0.2) is 4.98 Å². The maximum Gasteiger partial charge on any atom is 0.254 e. The van der Waals surface area contributed by atoms with Gasteiger partial charge in [-0.2, -0.15) is 0 Å². The fourth-order valence-corrected chi connectivity index (χ4v) is 3.76. The first kappa shape index (κ1) is 18.5. The van der Waals surface area contributed by atoms with Crippen LogP contribution >= 0.6 is 11.8 Å². The summed E-state index contributed by atoms with van der Waals surface area (Å²) in [6.07, 6.45) is 3.70. The van der Waals surface area contributed by atoms with E-state index in [1.165, 1.54) is 11.8 Å². The van der Waals surface area contributed by atoms with Crippen molar-refractivity contribution >= 4 is 23.4 Å². The summed E-state index contributed by atoms with van der Waals surface area (Å²) in [5.74, 6) is 0.475. The van der Waals surface area contributed by atoms with Gasteiger partial charge in [0, 0.05) is 5.56 Å². The monoisotopic (exact) mass is 373 g/mol. The number of fused-ring (bicyclic) bond motifs is 1. The highest BCUT2D eigenvalue weighted by molar-refractivity contribution is 8.00. The van der Waals surface area contributed by atoms with Gasteiger partial charge in [0.2, 0.25) is 5.91 Å². The van der Waals surface area contributed by atoms with Gasteiger partial charge in [0.1, 0.15) is 5.75 Å². The first-order valence-corrected chi connectivity index (χ1v) is 9.78. The molecule has 6 nitrogen and oxygen atoms in total. The number of benzene rings is 1. The second kappa shape index (κ2) is 8.40. The van der Waals surface area contributed by atoms with Gasteiger partial charge in [0.15, 0.2) is 5.16 Å². The van der Waals surface area contributed by atoms with Crippen LogP contribution in [0.5, 0.6) is 5.75 Å². The Balaban J connectivity index is 1.70. The van der Waals surface area contributed by atoms with E-state index >= 15 is 0 Å². The average Bonchev–Trinajstić information content (AvgIpc) is 2.63. The molecule has 0 aliphatic heterocycles. The lowest BCUT2D eigenvalue weighted by atomic mass is 9.97. The van der Waals surface area contributed by atoms with Crippen molar-refractivity contribution in [3.8, 4) is 5.75 Å². The van der Waals surface area contributed by atoms with Gasteiger partial charge in [-0.15, -0.1) is 0 Å². The molecule has 0 radical (unpaired) electrons. The number of nitrogens with one attached hydrogen (secondary N) is 2. The Kier molecular flexibility index (Phi) is 5.98. The first-order chi connectivity index (χ1) is 12.6. The third kappa shape index (κ3) is 4.27. The molecule has 1 aliphatic rings. The lowest BCUT2D eigenvalue weighted by Crippen LogP contribution is -2.25. The van der Waals surface area contributed by atoms with Gasteiger partial charge < -0.3 is 15.0 Å². The van der Waals surface area contributed by atoms with Gasteiger partial charge in [0.05, 0.1) is 23.2 Å². The number of H-pyrrole nitrogens is 1. The van der Waals surface area contributed by atoms with Crippen LogP contribution in [0.15, 0.2) is 34.2 Å². The zero-order chi connectivity index (χ0) is 18.5. The molecule has 26 heavy (non-hydrogen) atoms. The largest absolute Gasteiger partial charge is 0.492 e. The fraction of sp³-hybridized carbons (Fsp3) is 0.421. The van der Waals surface area contributed by atoms with E-state index in [1.807, 2.05) is 25.1 Å². The van der Waals surface area contributed by atoms with Crippen LogP contribution in [0.3, 0.4) is 0 Å². The zero-order valence-electron chi connectivity index (χ0n) is 15.0. The topological polar surface area (TPSA) is 84.1 Å². The van der Waals surface area contributed by atoms with E-state index < -0.39 is 5.25 Å². The number of amides is 1. The number of aryl methyl sites for hydroxylation is 1. The Hall–Kier alpha value is -2.28.